The molecule has 0 spiro atoms. The van der Waals surface area contributed by atoms with Crippen LogP contribution in [0.1, 0.15) is 18.1 Å². The lowest BCUT2D eigenvalue weighted by atomic mass is 10.4. The molecule has 0 radical (unpaired) electrons. The van der Waals surface area contributed by atoms with Gasteiger partial charge in [-0.2, -0.15) is 13.9 Å². The van der Waals surface area contributed by atoms with E-state index in [-0.39, 0.29) is 19.6 Å². The predicted molar refractivity (Wildman–Crippen MR) is 55.4 cm³/mol. The lowest BCUT2D eigenvalue weighted by Crippen LogP contribution is -2.16. The zero-order chi connectivity index (χ0) is 12.8. The van der Waals surface area contributed by atoms with Gasteiger partial charge < -0.3 is 4.74 Å². The Bertz CT molecular complexity index is 425. The molecule has 1 aromatic rings. The first-order valence-electron chi connectivity index (χ1n) is 5.04. The molecule has 17 heavy (non-hydrogen) atoms. The van der Waals surface area contributed by atoms with Gasteiger partial charge in [0.05, 0.1) is 6.61 Å². The molecule has 7 heteroatoms. The second-order valence-electron chi connectivity index (χ2n) is 3.37. The highest BCUT2D eigenvalue weighted by atomic mass is 19.3. The van der Waals surface area contributed by atoms with E-state index in [1.54, 1.807) is 13.8 Å². The average Bonchev–Trinajstić information content (AvgIpc) is 2.52. The zero-order valence-corrected chi connectivity index (χ0v) is 9.61. The van der Waals surface area contributed by atoms with Gasteiger partial charge in [0.1, 0.15) is 18.2 Å². The second-order valence-corrected chi connectivity index (χ2v) is 3.37. The van der Waals surface area contributed by atoms with E-state index in [1.807, 2.05) is 0 Å². The highest BCUT2D eigenvalue weighted by Gasteiger charge is 2.08. The summed E-state index contributed by atoms with van der Waals surface area (Å²) in [5.74, 6) is 0.651. The van der Waals surface area contributed by atoms with Crippen LogP contribution >= 0.6 is 0 Å². The van der Waals surface area contributed by atoms with Crippen molar-refractivity contribution in [2.75, 3.05) is 6.61 Å². The first-order chi connectivity index (χ1) is 7.99. The maximum atomic E-state index is 11.7. The second kappa shape index (κ2) is 6.07. The van der Waals surface area contributed by atoms with Crippen LogP contribution in [0.25, 0.3) is 0 Å². The maximum Gasteiger partial charge on any atom is 0.327 e. The van der Waals surface area contributed by atoms with E-state index < -0.39 is 12.0 Å². The molecule has 1 rings (SSSR count). The molecule has 1 heterocycles. The van der Waals surface area contributed by atoms with Crippen LogP contribution < -0.4 is 0 Å². The van der Waals surface area contributed by atoms with Gasteiger partial charge in [0.15, 0.2) is 0 Å². The molecule has 0 bridgehead atoms. The topological polar surface area (TPSA) is 57.0 Å². The summed E-state index contributed by atoms with van der Waals surface area (Å²) in [5, 5.41) is 3.98. The van der Waals surface area contributed by atoms with E-state index in [1.165, 1.54) is 4.68 Å². The van der Waals surface area contributed by atoms with Crippen molar-refractivity contribution in [3.63, 3.8) is 0 Å². The minimum atomic E-state index is -1.77. The Morgan fingerprint density at radius 1 is 1.47 bits per heavy atom. The van der Waals surface area contributed by atoms with Crippen molar-refractivity contribution in [1.29, 1.82) is 0 Å². The minimum Gasteiger partial charge on any atom is -0.464 e. The Morgan fingerprint density at radius 3 is 2.71 bits per heavy atom. The number of hydrogen-bond donors (Lipinski definition) is 0. The predicted octanol–water partition coefficient (Wildman–Crippen LogP) is 1.61. The maximum absolute atomic E-state index is 11.7. The Kier molecular flexibility index (Phi) is 4.74. The lowest BCUT2D eigenvalue weighted by Gasteiger charge is -2.03. The van der Waals surface area contributed by atoms with E-state index in [2.05, 4.69) is 10.1 Å². The van der Waals surface area contributed by atoms with Crippen molar-refractivity contribution in [3.05, 3.63) is 23.8 Å². The van der Waals surface area contributed by atoms with Gasteiger partial charge in [0.25, 0.3) is 6.08 Å². The molecule has 0 saturated heterocycles. The quantitative estimate of drug-likeness (QED) is 0.584. The average molecular weight is 245 g/mol. The summed E-state index contributed by atoms with van der Waals surface area (Å²) in [7, 11) is 0. The Balaban J connectivity index is 2.35. The van der Waals surface area contributed by atoms with Crippen molar-refractivity contribution < 1.29 is 18.3 Å². The van der Waals surface area contributed by atoms with E-state index in [0.717, 1.165) is 0 Å². The number of esters is 1. The molecule has 0 atom stereocenters. The van der Waals surface area contributed by atoms with E-state index in [9.17, 15) is 13.6 Å². The number of carbonyl (C=O) groups is 1. The summed E-state index contributed by atoms with van der Waals surface area (Å²) in [6, 6.07) is 0. The molecule has 0 N–H and O–H groups in total. The van der Waals surface area contributed by atoms with Gasteiger partial charge in [-0.05, 0) is 19.9 Å². The summed E-state index contributed by atoms with van der Waals surface area (Å²) in [5.41, 5.74) is 0. The van der Waals surface area contributed by atoms with Gasteiger partial charge in [-0.1, -0.05) is 0 Å². The first kappa shape index (κ1) is 13.3. The molecule has 0 aromatic carbocycles. The fourth-order valence-corrected chi connectivity index (χ4v) is 1.22. The van der Waals surface area contributed by atoms with Gasteiger partial charge in [-0.15, -0.1) is 0 Å². The molecule has 0 unspecified atom stereocenters. The van der Waals surface area contributed by atoms with E-state index in [0.29, 0.717) is 17.7 Å². The molecular weight excluding hydrogens is 232 g/mol. The Morgan fingerprint density at radius 2 is 2.18 bits per heavy atom. The number of halogens is 2. The third-order valence-electron chi connectivity index (χ3n) is 1.92. The Labute approximate surface area is 97.1 Å². The smallest absolute Gasteiger partial charge is 0.327 e. The Hall–Kier alpha value is -1.79. The SMILES string of the molecule is Cc1nc(C)n(CC(=O)OCCC=C(F)F)n1. The fraction of sp³-hybridized carbons (Fsp3) is 0.500. The number of nitrogens with zero attached hydrogens (tertiary/aromatic N) is 3. The van der Waals surface area contributed by atoms with Crippen LogP contribution in [0.4, 0.5) is 8.78 Å². The van der Waals surface area contributed by atoms with Crippen molar-refractivity contribution in [2.45, 2.75) is 26.8 Å². The monoisotopic (exact) mass is 245 g/mol. The van der Waals surface area contributed by atoms with Crippen LogP contribution in [0.2, 0.25) is 0 Å². The molecule has 1 aromatic heterocycles. The van der Waals surface area contributed by atoms with Gasteiger partial charge in [0.2, 0.25) is 0 Å². The highest BCUT2D eigenvalue weighted by molar-refractivity contribution is 5.69. The number of ether oxygens (including phenoxy) is 1. The van der Waals surface area contributed by atoms with Gasteiger partial charge >= 0.3 is 5.97 Å². The summed E-state index contributed by atoms with van der Waals surface area (Å²) >= 11 is 0. The van der Waals surface area contributed by atoms with Crippen molar-refractivity contribution in [2.24, 2.45) is 0 Å². The summed E-state index contributed by atoms with van der Waals surface area (Å²) in [4.78, 5) is 15.3. The molecule has 0 aliphatic heterocycles. The van der Waals surface area contributed by atoms with Crippen LogP contribution in [-0.2, 0) is 16.1 Å². The van der Waals surface area contributed by atoms with Crippen molar-refractivity contribution in [3.8, 4) is 0 Å². The number of aromatic nitrogens is 3. The first-order valence-corrected chi connectivity index (χ1v) is 5.04. The fourth-order valence-electron chi connectivity index (χ4n) is 1.22. The van der Waals surface area contributed by atoms with Crippen molar-refractivity contribution >= 4 is 5.97 Å². The van der Waals surface area contributed by atoms with Gasteiger partial charge in [0, 0.05) is 6.42 Å². The van der Waals surface area contributed by atoms with Crippen molar-refractivity contribution in [1.82, 2.24) is 14.8 Å². The molecule has 5 nitrogen and oxygen atoms in total. The van der Waals surface area contributed by atoms with E-state index in [4.69, 9.17) is 4.74 Å². The molecule has 0 saturated carbocycles. The number of carbonyl (C=O) groups excluding carboxylic acids is 1. The van der Waals surface area contributed by atoms with Crippen LogP contribution in [0.3, 0.4) is 0 Å². The standard InChI is InChI=1S/C10H13F2N3O2/c1-7-13-8(2)15(14-7)6-10(16)17-5-3-4-9(11)12/h4H,3,5-6H2,1-2H3. The molecule has 0 aliphatic rings. The van der Waals surface area contributed by atoms with Crippen LogP contribution in [0, 0.1) is 13.8 Å². The zero-order valence-electron chi connectivity index (χ0n) is 9.61. The normalized spacial score (nSPS) is 10.1. The van der Waals surface area contributed by atoms with E-state index >= 15 is 0 Å². The van der Waals surface area contributed by atoms with Gasteiger partial charge in [-0.25, -0.2) is 9.67 Å². The summed E-state index contributed by atoms with van der Waals surface area (Å²) in [6.45, 7) is 3.30. The molecule has 94 valence electrons. The molecule has 0 fully saturated rings. The third-order valence-corrected chi connectivity index (χ3v) is 1.92. The highest BCUT2D eigenvalue weighted by Crippen LogP contribution is 2.00. The lowest BCUT2D eigenvalue weighted by molar-refractivity contribution is -0.144. The third kappa shape index (κ3) is 4.71. The molecule has 0 amide bonds. The number of hydrogen-bond acceptors (Lipinski definition) is 4. The summed E-state index contributed by atoms with van der Waals surface area (Å²) in [6.07, 6.45) is -1.06. The van der Waals surface area contributed by atoms with Crippen LogP contribution in [0.5, 0.6) is 0 Å². The molecule has 0 aliphatic carbocycles. The van der Waals surface area contributed by atoms with Crippen LogP contribution in [-0.4, -0.2) is 27.3 Å². The minimum absolute atomic E-state index is 0.00341. The van der Waals surface area contributed by atoms with Crippen LogP contribution in [0.15, 0.2) is 12.2 Å². The molecular formula is C10H13F2N3O2. The number of aryl methyl sites for hydroxylation is 2. The number of rotatable bonds is 5. The largest absolute Gasteiger partial charge is 0.464 e. The summed E-state index contributed by atoms with van der Waals surface area (Å²) < 4.78 is 29.5. The van der Waals surface area contributed by atoms with Gasteiger partial charge in [-0.3, -0.25) is 4.79 Å².